The van der Waals surface area contributed by atoms with Crippen LogP contribution in [0, 0.1) is 11.8 Å². The van der Waals surface area contributed by atoms with Gasteiger partial charge in [0, 0.05) is 0 Å². The molecule has 0 atom stereocenters. The van der Waals surface area contributed by atoms with Gasteiger partial charge < -0.3 is 18.9 Å². The van der Waals surface area contributed by atoms with Crippen molar-refractivity contribution in [3.63, 3.8) is 0 Å². The molecular formula is C8H19O4P-2. The summed E-state index contributed by atoms with van der Waals surface area (Å²) in [7, 11) is -4.83. The van der Waals surface area contributed by atoms with E-state index in [4.69, 9.17) is 0 Å². The smallest absolute Gasteiger partial charge is 0.0673 e. The van der Waals surface area contributed by atoms with Gasteiger partial charge in [-0.05, 0) is 11.8 Å². The largest absolute Gasteiger partial charge is 0.790 e. The molecule has 0 rings (SSSR count). The van der Waals surface area contributed by atoms with Gasteiger partial charge in [0.2, 0.25) is 0 Å². The van der Waals surface area contributed by atoms with Crippen LogP contribution in [0.2, 0.25) is 0 Å². The Hall–Kier alpha value is 0.110. The zero-order valence-electron chi connectivity index (χ0n) is 7.81. The van der Waals surface area contributed by atoms with Crippen molar-refractivity contribution in [2.24, 2.45) is 11.8 Å². The van der Waals surface area contributed by atoms with Gasteiger partial charge in [-0.1, -0.05) is 35.1 Å². The Kier molecular flexibility index (Phi) is 6.90. The molecule has 0 aromatic heterocycles. The lowest BCUT2D eigenvalue weighted by atomic mass is 9.97. The Morgan fingerprint density at radius 2 is 1.38 bits per heavy atom. The standard InChI is InChI=1S/C7H17O4P.CH4/c1-5(2)7(6(3)4)11-12(8,9)10;/h5-7H,1-4H3,(H2,8,9,10);1H4/p-2. The van der Waals surface area contributed by atoms with Crippen LogP contribution in [0.3, 0.4) is 0 Å². The lowest BCUT2D eigenvalue weighted by molar-refractivity contribution is -0.346. The van der Waals surface area contributed by atoms with Crippen LogP contribution in [0.4, 0.5) is 0 Å². The average Bonchev–Trinajstić information content (AvgIpc) is 1.79. The zero-order chi connectivity index (χ0) is 9.94. The van der Waals surface area contributed by atoms with Crippen LogP contribution in [0.5, 0.6) is 0 Å². The van der Waals surface area contributed by atoms with E-state index in [1.165, 1.54) is 0 Å². The molecule has 0 aromatic rings. The molecule has 0 fully saturated rings. The molecule has 0 bridgehead atoms. The highest BCUT2D eigenvalue weighted by Gasteiger charge is 2.18. The van der Waals surface area contributed by atoms with Crippen molar-refractivity contribution in [1.29, 1.82) is 0 Å². The van der Waals surface area contributed by atoms with Crippen molar-refractivity contribution in [2.45, 2.75) is 41.2 Å². The average molecular weight is 210 g/mol. The van der Waals surface area contributed by atoms with Gasteiger partial charge in [0.05, 0.1) is 13.9 Å². The van der Waals surface area contributed by atoms with E-state index in [0.29, 0.717) is 0 Å². The minimum Gasteiger partial charge on any atom is -0.790 e. The Morgan fingerprint density at radius 1 is 1.08 bits per heavy atom. The summed E-state index contributed by atoms with van der Waals surface area (Å²) in [5.41, 5.74) is 0. The highest BCUT2D eigenvalue weighted by Crippen LogP contribution is 2.32. The van der Waals surface area contributed by atoms with Crippen molar-refractivity contribution < 1.29 is 18.9 Å². The normalized spacial score (nSPS) is 12.4. The third-order valence-corrected chi connectivity index (χ3v) is 2.07. The molecular weight excluding hydrogens is 191 g/mol. The van der Waals surface area contributed by atoms with E-state index in [1.807, 2.05) is 27.7 Å². The van der Waals surface area contributed by atoms with Gasteiger partial charge in [-0.2, -0.15) is 0 Å². The summed E-state index contributed by atoms with van der Waals surface area (Å²) in [5.74, 6) is 0.0578. The maximum absolute atomic E-state index is 10.3. The van der Waals surface area contributed by atoms with Gasteiger partial charge >= 0.3 is 0 Å². The fourth-order valence-electron chi connectivity index (χ4n) is 1.16. The molecule has 0 heterocycles. The lowest BCUT2D eigenvalue weighted by Crippen LogP contribution is -2.30. The topological polar surface area (TPSA) is 72.4 Å². The van der Waals surface area contributed by atoms with Crippen LogP contribution >= 0.6 is 7.82 Å². The maximum atomic E-state index is 10.3. The van der Waals surface area contributed by atoms with Crippen molar-refractivity contribution in [3.05, 3.63) is 0 Å². The van der Waals surface area contributed by atoms with E-state index >= 15 is 0 Å². The molecule has 0 spiro atoms. The van der Waals surface area contributed by atoms with Crippen molar-refractivity contribution in [3.8, 4) is 0 Å². The summed E-state index contributed by atoms with van der Waals surface area (Å²) in [5, 5.41) is 0. The highest BCUT2D eigenvalue weighted by molar-refractivity contribution is 7.43. The Morgan fingerprint density at radius 3 is 1.46 bits per heavy atom. The van der Waals surface area contributed by atoms with Crippen LogP contribution in [-0.2, 0) is 9.09 Å². The SMILES string of the molecule is C.CC(C)C(OP(=O)([O-])[O-])C(C)C. The summed E-state index contributed by atoms with van der Waals surface area (Å²) in [4.78, 5) is 20.6. The van der Waals surface area contributed by atoms with Gasteiger partial charge in [-0.25, -0.2) is 0 Å². The molecule has 0 saturated heterocycles. The van der Waals surface area contributed by atoms with Gasteiger partial charge in [0.15, 0.2) is 0 Å². The molecule has 4 nitrogen and oxygen atoms in total. The summed E-state index contributed by atoms with van der Waals surface area (Å²) in [6.07, 6.45) is -0.508. The Balaban J connectivity index is 0. The number of phosphoric acid groups is 1. The van der Waals surface area contributed by atoms with Crippen LogP contribution in [0.1, 0.15) is 35.1 Å². The number of hydrogen-bond donors (Lipinski definition) is 0. The monoisotopic (exact) mass is 210 g/mol. The summed E-state index contributed by atoms with van der Waals surface area (Å²) in [6.45, 7) is 7.28. The molecule has 0 aromatic carbocycles. The second kappa shape index (κ2) is 5.76. The van der Waals surface area contributed by atoms with Gasteiger partial charge in [-0.15, -0.1) is 0 Å². The molecule has 0 saturated carbocycles. The number of phosphoric ester groups is 1. The first-order valence-corrected chi connectivity index (χ1v) is 5.40. The van der Waals surface area contributed by atoms with Gasteiger partial charge in [0.1, 0.15) is 0 Å². The van der Waals surface area contributed by atoms with E-state index < -0.39 is 13.9 Å². The summed E-state index contributed by atoms with van der Waals surface area (Å²) < 4.78 is 14.7. The first kappa shape index (κ1) is 15.6. The van der Waals surface area contributed by atoms with Gasteiger partial charge in [0.25, 0.3) is 0 Å². The predicted molar refractivity (Wildman–Crippen MR) is 48.9 cm³/mol. The van der Waals surface area contributed by atoms with Crippen LogP contribution < -0.4 is 9.79 Å². The van der Waals surface area contributed by atoms with Crippen molar-refractivity contribution in [2.75, 3.05) is 0 Å². The third kappa shape index (κ3) is 7.20. The first-order chi connectivity index (χ1) is 5.24. The quantitative estimate of drug-likeness (QED) is 0.652. The molecule has 0 unspecified atom stereocenters. The molecule has 5 heteroatoms. The van der Waals surface area contributed by atoms with E-state index in [1.54, 1.807) is 0 Å². The second-order valence-electron chi connectivity index (χ2n) is 3.51. The molecule has 0 amide bonds. The summed E-state index contributed by atoms with van der Waals surface area (Å²) >= 11 is 0. The minimum absolute atomic E-state index is 0. The molecule has 13 heavy (non-hydrogen) atoms. The second-order valence-corrected chi connectivity index (χ2v) is 4.61. The molecule has 0 aliphatic carbocycles. The van der Waals surface area contributed by atoms with E-state index in [2.05, 4.69) is 4.52 Å². The van der Waals surface area contributed by atoms with Gasteiger partial charge in [-0.3, -0.25) is 0 Å². The van der Waals surface area contributed by atoms with Crippen LogP contribution in [0.15, 0.2) is 0 Å². The first-order valence-electron chi connectivity index (χ1n) is 3.94. The molecule has 0 aliphatic heterocycles. The van der Waals surface area contributed by atoms with E-state index in [9.17, 15) is 14.4 Å². The Bertz CT molecular complexity index is 165. The lowest BCUT2D eigenvalue weighted by Gasteiger charge is -2.37. The van der Waals surface area contributed by atoms with Crippen molar-refractivity contribution >= 4 is 7.82 Å². The third-order valence-electron chi connectivity index (χ3n) is 1.56. The zero-order valence-corrected chi connectivity index (χ0v) is 8.71. The summed E-state index contributed by atoms with van der Waals surface area (Å²) in [6, 6.07) is 0. The van der Waals surface area contributed by atoms with E-state index in [-0.39, 0.29) is 19.3 Å². The number of rotatable bonds is 4. The predicted octanol–water partition coefficient (Wildman–Crippen LogP) is 1.15. The van der Waals surface area contributed by atoms with Crippen LogP contribution in [0.25, 0.3) is 0 Å². The molecule has 0 radical (unpaired) electrons. The van der Waals surface area contributed by atoms with Crippen LogP contribution in [-0.4, -0.2) is 6.10 Å². The fourth-order valence-corrected chi connectivity index (χ4v) is 1.95. The minimum atomic E-state index is -4.83. The Labute approximate surface area is 80.6 Å². The highest BCUT2D eigenvalue weighted by atomic mass is 31.2. The van der Waals surface area contributed by atoms with Crippen molar-refractivity contribution in [1.82, 2.24) is 0 Å². The molecule has 82 valence electrons. The fraction of sp³-hybridized carbons (Fsp3) is 1.00. The van der Waals surface area contributed by atoms with E-state index in [0.717, 1.165) is 0 Å². The number of hydrogen-bond acceptors (Lipinski definition) is 4. The maximum Gasteiger partial charge on any atom is 0.0673 e. The molecule has 0 N–H and O–H groups in total. The molecule has 0 aliphatic rings.